The number of hydrogen-bond donors (Lipinski definition) is 2. The van der Waals surface area contributed by atoms with Gasteiger partial charge in [0, 0.05) is 12.8 Å². The molecule has 0 bridgehead atoms. The Kier molecular flexibility index (Phi) is 3.09. The van der Waals surface area contributed by atoms with E-state index < -0.39 is 17.4 Å². The van der Waals surface area contributed by atoms with Crippen LogP contribution >= 0.6 is 0 Å². The number of carbonyl (C=O) groups excluding carboxylic acids is 1. The van der Waals surface area contributed by atoms with Crippen molar-refractivity contribution in [3.8, 4) is 0 Å². The molecule has 3 N–H and O–H groups in total. The highest BCUT2D eigenvalue weighted by atomic mass is 19.3. The van der Waals surface area contributed by atoms with Crippen LogP contribution in [0.3, 0.4) is 0 Å². The van der Waals surface area contributed by atoms with E-state index in [9.17, 15) is 13.6 Å². The monoisotopic (exact) mass is 206 g/mol. The van der Waals surface area contributed by atoms with E-state index in [1.165, 1.54) is 0 Å². The van der Waals surface area contributed by atoms with Gasteiger partial charge < -0.3 is 11.1 Å². The molecule has 1 aliphatic rings. The van der Waals surface area contributed by atoms with Gasteiger partial charge in [0.2, 0.25) is 11.8 Å². The van der Waals surface area contributed by atoms with Crippen molar-refractivity contribution in [2.45, 2.75) is 44.1 Å². The van der Waals surface area contributed by atoms with E-state index in [2.05, 4.69) is 5.32 Å². The minimum Gasteiger partial charge on any atom is -0.368 e. The Bertz CT molecular complexity index is 221. The fourth-order valence-electron chi connectivity index (χ4n) is 1.89. The Labute approximate surface area is 82.0 Å². The fourth-order valence-corrected chi connectivity index (χ4v) is 1.89. The Morgan fingerprint density at radius 1 is 1.36 bits per heavy atom. The molecule has 14 heavy (non-hydrogen) atoms. The predicted octanol–water partition coefficient (Wildman–Crippen LogP) is 1.03. The van der Waals surface area contributed by atoms with Gasteiger partial charge in [0.1, 0.15) is 0 Å². The molecule has 82 valence electrons. The van der Waals surface area contributed by atoms with Crippen LogP contribution in [0.2, 0.25) is 0 Å². The number of amides is 1. The zero-order chi connectivity index (χ0) is 10.8. The van der Waals surface area contributed by atoms with Crippen molar-refractivity contribution in [2.75, 3.05) is 6.54 Å². The largest absolute Gasteiger partial charge is 0.368 e. The summed E-state index contributed by atoms with van der Waals surface area (Å²) in [6.45, 7) is 2.39. The molecule has 0 saturated heterocycles. The highest BCUT2D eigenvalue weighted by Crippen LogP contribution is 2.38. The SMILES string of the molecule is CCNC1(C(N)=O)CCC(F)(F)CC1. The molecule has 0 heterocycles. The molecule has 0 unspecified atom stereocenters. The Balaban J connectivity index is 2.69. The summed E-state index contributed by atoms with van der Waals surface area (Å²) in [6.07, 6.45) is -0.266. The second-order valence-electron chi connectivity index (χ2n) is 3.83. The van der Waals surface area contributed by atoms with Gasteiger partial charge in [0.25, 0.3) is 0 Å². The van der Waals surface area contributed by atoms with Crippen LogP contribution in [-0.4, -0.2) is 23.9 Å². The molecule has 1 amide bonds. The van der Waals surface area contributed by atoms with Gasteiger partial charge in [-0.3, -0.25) is 4.79 Å². The Hall–Kier alpha value is -0.710. The molecule has 1 rings (SSSR count). The van der Waals surface area contributed by atoms with E-state index in [1.807, 2.05) is 6.92 Å². The van der Waals surface area contributed by atoms with Gasteiger partial charge in [0.15, 0.2) is 0 Å². The smallest absolute Gasteiger partial charge is 0.248 e. The molecule has 0 aromatic rings. The lowest BCUT2D eigenvalue weighted by Gasteiger charge is -2.38. The van der Waals surface area contributed by atoms with Crippen molar-refractivity contribution < 1.29 is 13.6 Å². The second-order valence-corrected chi connectivity index (χ2v) is 3.83. The van der Waals surface area contributed by atoms with Crippen molar-refractivity contribution in [1.82, 2.24) is 5.32 Å². The predicted molar refractivity (Wildman–Crippen MR) is 49.0 cm³/mol. The zero-order valence-corrected chi connectivity index (χ0v) is 8.28. The number of halogens is 2. The van der Waals surface area contributed by atoms with Crippen molar-refractivity contribution >= 4 is 5.91 Å². The van der Waals surface area contributed by atoms with Gasteiger partial charge in [-0.2, -0.15) is 0 Å². The zero-order valence-electron chi connectivity index (χ0n) is 8.28. The van der Waals surface area contributed by atoms with Gasteiger partial charge in [-0.25, -0.2) is 8.78 Å². The summed E-state index contributed by atoms with van der Waals surface area (Å²) >= 11 is 0. The third kappa shape index (κ3) is 2.20. The minimum atomic E-state index is -2.63. The summed E-state index contributed by atoms with van der Waals surface area (Å²) < 4.78 is 25.7. The molecule has 1 fully saturated rings. The van der Waals surface area contributed by atoms with E-state index in [0.717, 1.165) is 0 Å². The van der Waals surface area contributed by atoms with Crippen molar-refractivity contribution in [1.29, 1.82) is 0 Å². The third-order valence-corrected chi connectivity index (χ3v) is 2.82. The maximum Gasteiger partial charge on any atom is 0.248 e. The van der Waals surface area contributed by atoms with Gasteiger partial charge in [-0.1, -0.05) is 6.92 Å². The van der Waals surface area contributed by atoms with E-state index in [4.69, 9.17) is 5.73 Å². The molecule has 1 saturated carbocycles. The van der Waals surface area contributed by atoms with Crippen LogP contribution in [0.1, 0.15) is 32.6 Å². The van der Waals surface area contributed by atoms with Crippen LogP contribution in [0.5, 0.6) is 0 Å². The molecule has 1 aliphatic carbocycles. The maximum absolute atomic E-state index is 12.9. The number of alkyl halides is 2. The first kappa shape index (κ1) is 11.4. The number of primary amides is 1. The number of nitrogens with two attached hydrogens (primary N) is 1. The maximum atomic E-state index is 12.9. The van der Waals surface area contributed by atoms with Gasteiger partial charge in [-0.15, -0.1) is 0 Å². The quantitative estimate of drug-likeness (QED) is 0.724. The normalized spacial score (nSPS) is 24.5. The second kappa shape index (κ2) is 3.81. The molecular formula is C9H16F2N2O. The topological polar surface area (TPSA) is 55.1 Å². The summed E-state index contributed by atoms with van der Waals surface area (Å²) in [4.78, 5) is 11.2. The summed E-state index contributed by atoms with van der Waals surface area (Å²) in [5.41, 5.74) is 4.32. The van der Waals surface area contributed by atoms with E-state index in [-0.39, 0.29) is 25.7 Å². The first-order valence-electron chi connectivity index (χ1n) is 4.85. The lowest BCUT2D eigenvalue weighted by Crippen LogP contribution is -2.58. The molecule has 0 spiro atoms. The van der Waals surface area contributed by atoms with E-state index in [1.54, 1.807) is 0 Å². The van der Waals surface area contributed by atoms with Crippen LogP contribution in [0, 0.1) is 0 Å². The van der Waals surface area contributed by atoms with Crippen molar-refractivity contribution in [2.24, 2.45) is 5.73 Å². The average molecular weight is 206 g/mol. The minimum absolute atomic E-state index is 0.128. The fraction of sp³-hybridized carbons (Fsp3) is 0.889. The van der Waals surface area contributed by atoms with Crippen LogP contribution in [0.15, 0.2) is 0 Å². The Morgan fingerprint density at radius 3 is 2.21 bits per heavy atom. The highest BCUT2D eigenvalue weighted by molar-refractivity contribution is 5.84. The first-order valence-corrected chi connectivity index (χ1v) is 4.85. The summed E-state index contributed by atoms with van der Waals surface area (Å²) in [6, 6.07) is 0. The van der Waals surface area contributed by atoms with Crippen LogP contribution in [-0.2, 0) is 4.79 Å². The van der Waals surface area contributed by atoms with Crippen LogP contribution in [0.25, 0.3) is 0 Å². The molecule has 5 heteroatoms. The first-order chi connectivity index (χ1) is 6.42. The number of nitrogens with one attached hydrogen (secondary N) is 1. The highest BCUT2D eigenvalue weighted by Gasteiger charge is 2.46. The lowest BCUT2D eigenvalue weighted by atomic mass is 9.79. The van der Waals surface area contributed by atoms with Crippen LogP contribution in [0.4, 0.5) is 8.78 Å². The van der Waals surface area contributed by atoms with Gasteiger partial charge in [0.05, 0.1) is 5.54 Å². The van der Waals surface area contributed by atoms with Gasteiger partial charge >= 0.3 is 0 Å². The Morgan fingerprint density at radius 2 is 1.86 bits per heavy atom. The molecule has 0 aromatic heterocycles. The van der Waals surface area contributed by atoms with E-state index in [0.29, 0.717) is 6.54 Å². The van der Waals surface area contributed by atoms with E-state index >= 15 is 0 Å². The summed E-state index contributed by atoms with van der Waals surface area (Å²) in [5, 5.41) is 2.93. The molecule has 0 aromatic carbocycles. The summed E-state index contributed by atoms with van der Waals surface area (Å²) in [5.74, 6) is -3.15. The number of carbonyl (C=O) groups is 1. The average Bonchev–Trinajstić information content (AvgIpc) is 2.09. The lowest BCUT2D eigenvalue weighted by molar-refractivity contribution is -0.130. The molecule has 3 nitrogen and oxygen atoms in total. The number of hydrogen-bond acceptors (Lipinski definition) is 2. The van der Waals surface area contributed by atoms with Crippen molar-refractivity contribution in [3.63, 3.8) is 0 Å². The number of likely N-dealkylation sites (N-methyl/N-ethyl adjacent to an activating group) is 1. The summed E-state index contributed by atoms with van der Waals surface area (Å²) in [7, 11) is 0. The van der Waals surface area contributed by atoms with Crippen molar-refractivity contribution in [3.05, 3.63) is 0 Å². The molecule has 0 aliphatic heterocycles. The van der Waals surface area contributed by atoms with Crippen LogP contribution < -0.4 is 11.1 Å². The standard InChI is InChI=1S/C9H16F2N2O/c1-2-13-8(7(12)14)3-5-9(10,11)6-4-8/h13H,2-6H2,1H3,(H2,12,14). The molecular weight excluding hydrogens is 190 g/mol. The molecule has 0 atom stereocenters. The number of rotatable bonds is 3. The molecule has 0 radical (unpaired) electrons. The van der Waals surface area contributed by atoms with Gasteiger partial charge in [-0.05, 0) is 19.4 Å². The third-order valence-electron chi connectivity index (χ3n) is 2.82.